The number of para-hydroxylation sites is 1. The maximum absolute atomic E-state index is 13.3. The number of furan rings is 1. The van der Waals surface area contributed by atoms with Gasteiger partial charge in [-0.3, -0.25) is 9.59 Å². The van der Waals surface area contributed by atoms with Crippen LogP contribution in [0.3, 0.4) is 0 Å². The molecule has 1 aromatic heterocycles. The van der Waals surface area contributed by atoms with Crippen molar-refractivity contribution in [2.24, 2.45) is 0 Å². The highest BCUT2D eigenvalue weighted by atomic mass is 16.3. The lowest BCUT2D eigenvalue weighted by Gasteiger charge is -2.25. The third-order valence-corrected chi connectivity index (χ3v) is 4.78. The summed E-state index contributed by atoms with van der Waals surface area (Å²) >= 11 is 0. The monoisotopic (exact) mass is 360 g/mol. The van der Waals surface area contributed by atoms with Crippen molar-refractivity contribution in [1.82, 2.24) is 5.32 Å². The van der Waals surface area contributed by atoms with Gasteiger partial charge in [-0.2, -0.15) is 0 Å². The molecule has 2 aromatic carbocycles. The molecule has 1 atom stereocenters. The predicted octanol–water partition coefficient (Wildman–Crippen LogP) is 3.21. The SMILES string of the molecule is O=C(N[C@H](Cc1ccccc1)C(=O)N1CCc2ccccc21)c1ccco1. The van der Waals surface area contributed by atoms with E-state index in [1.807, 2.05) is 54.6 Å². The van der Waals surface area contributed by atoms with E-state index < -0.39 is 6.04 Å². The van der Waals surface area contributed by atoms with Gasteiger partial charge in [0.1, 0.15) is 6.04 Å². The number of hydrogen-bond donors (Lipinski definition) is 1. The Balaban J connectivity index is 1.59. The first kappa shape index (κ1) is 17.1. The molecular formula is C22H20N2O3. The molecule has 0 saturated heterocycles. The molecule has 1 aliphatic rings. The van der Waals surface area contributed by atoms with Gasteiger partial charge in [0.05, 0.1) is 6.26 Å². The summed E-state index contributed by atoms with van der Waals surface area (Å²) in [6, 6.07) is 20.2. The number of nitrogens with zero attached hydrogens (tertiary/aromatic N) is 1. The summed E-state index contributed by atoms with van der Waals surface area (Å²) in [5.74, 6) is -0.298. The van der Waals surface area contributed by atoms with Crippen LogP contribution in [0.4, 0.5) is 5.69 Å². The Bertz CT molecular complexity index is 935. The second kappa shape index (κ2) is 7.50. The highest BCUT2D eigenvalue weighted by Crippen LogP contribution is 2.28. The lowest BCUT2D eigenvalue weighted by molar-refractivity contribution is -0.120. The maximum Gasteiger partial charge on any atom is 0.287 e. The van der Waals surface area contributed by atoms with E-state index in [4.69, 9.17) is 4.42 Å². The Morgan fingerprint density at radius 3 is 2.56 bits per heavy atom. The van der Waals surface area contributed by atoms with Crippen molar-refractivity contribution in [3.8, 4) is 0 Å². The van der Waals surface area contributed by atoms with E-state index >= 15 is 0 Å². The molecule has 2 amide bonds. The van der Waals surface area contributed by atoms with Gasteiger partial charge >= 0.3 is 0 Å². The van der Waals surface area contributed by atoms with Gasteiger partial charge < -0.3 is 14.6 Å². The van der Waals surface area contributed by atoms with E-state index in [-0.39, 0.29) is 17.6 Å². The molecule has 0 unspecified atom stereocenters. The molecule has 1 N–H and O–H groups in total. The molecule has 0 radical (unpaired) electrons. The largest absolute Gasteiger partial charge is 0.459 e. The smallest absolute Gasteiger partial charge is 0.287 e. The molecular weight excluding hydrogens is 340 g/mol. The van der Waals surface area contributed by atoms with Crippen molar-refractivity contribution < 1.29 is 14.0 Å². The average molecular weight is 360 g/mol. The van der Waals surface area contributed by atoms with Gasteiger partial charge in [-0.15, -0.1) is 0 Å². The van der Waals surface area contributed by atoms with Gasteiger partial charge in [0.2, 0.25) is 5.91 Å². The molecule has 0 aliphatic carbocycles. The summed E-state index contributed by atoms with van der Waals surface area (Å²) in [6.07, 6.45) is 2.69. The summed E-state index contributed by atoms with van der Waals surface area (Å²) < 4.78 is 5.17. The number of rotatable bonds is 5. The lowest BCUT2D eigenvalue weighted by Crippen LogP contribution is -2.49. The highest BCUT2D eigenvalue weighted by Gasteiger charge is 2.31. The standard InChI is InChI=1S/C22H20N2O3/c25-21(20-11-6-14-27-20)23-18(15-16-7-2-1-3-8-16)22(26)24-13-12-17-9-4-5-10-19(17)24/h1-11,14,18H,12-13,15H2,(H,23,25)/t18-/m1/s1. The minimum absolute atomic E-state index is 0.108. The van der Waals surface area contributed by atoms with Crippen molar-refractivity contribution >= 4 is 17.5 Å². The number of nitrogens with one attached hydrogen (secondary N) is 1. The number of amides is 2. The van der Waals surface area contributed by atoms with Gasteiger partial charge in [-0.05, 0) is 35.7 Å². The first-order chi connectivity index (χ1) is 13.2. The number of anilines is 1. The van der Waals surface area contributed by atoms with E-state index in [9.17, 15) is 9.59 Å². The van der Waals surface area contributed by atoms with E-state index in [2.05, 4.69) is 5.32 Å². The summed E-state index contributed by atoms with van der Waals surface area (Å²) in [7, 11) is 0. The van der Waals surface area contributed by atoms with Crippen LogP contribution in [0.1, 0.15) is 21.7 Å². The highest BCUT2D eigenvalue weighted by molar-refractivity contribution is 6.02. The van der Waals surface area contributed by atoms with Gasteiger partial charge in [-0.1, -0.05) is 48.5 Å². The van der Waals surface area contributed by atoms with Crippen LogP contribution >= 0.6 is 0 Å². The third-order valence-electron chi connectivity index (χ3n) is 4.78. The average Bonchev–Trinajstić information content (AvgIpc) is 3.38. The van der Waals surface area contributed by atoms with Crippen LogP contribution in [0.15, 0.2) is 77.4 Å². The molecule has 0 spiro atoms. The van der Waals surface area contributed by atoms with Crippen LogP contribution in [0.25, 0.3) is 0 Å². The van der Waals surface area contributed by atoms with Crippen LogP contribution in [-0.2, 0) is 17.6 Å². The summed E-state index contributed by atoms with van der Waals surface area (Å²) in [6.45, 7) is 0.625. The molecule has 0 fully saturated rings. The van der Waals surface area contributed by atoms with Crippen molar-refractivity contribution in [3.05, 3.63) is 89.9 Å². The van der Waals surface area contributed by atoms with Crippen LogP contribution in [0, 0.1) is 0 Å². The van der Waals surface area contributed by atoms with Crippen molar-refractivity contribution in [3.63, 3.8) is 0 Å². The van der Waals surface area contributed by atoms with Crippen LogP contribution < -0.4 is 10.2 Å². The molecule has 5 nitrogen and oxygen atoms in total. The molecule has 5 heteroatoms. The number of benzene rings is 2. The molecule has 2 heterocycles. The number of fused-ring (bicyclic) bond motifs is 1. The Labute approximate surface area is 157 Å². The van der Waals surface area contributed by atoms with Gasteiger partial charge in [0.15, 0.2) is 5.76 Å². The minimum Gasteiger partial charge on any atom is -0.459 e. The zero-order chi connectivity index (χ0) is 18.6. The second-order valence-electron chi connectivity index (χ2n) is 6.56. The predicted molar refractivity (Wildman–Crippen MR) is 103 cm³/mol. The van der Waals surface area contributed by atoms with E-state index in [0.717, 1.165) is 23.2 Å². The lowest BCUT2D eigenvalue weighted by atomic mass is 10.0. The van der Waals surface area contributed by atoms with Crippen molar-refractivity contribution in [2.75, 3.05) is 11.4 Å². The van der Waals surface area contributed by atoms with Crippen molar-refractivity contribution in [1.29, 1.82) is 0 Å². The minimum atomic E-state index is -0.670. The number of carbonyl (C=O) groups is 2. The second-order valence-corrected chi connectivity index (χ2v) is 6.56. The fourth-order valence-corrected chi connectivity index (χ4v) is 3.44. The quantitative estimate of drug-likeness (QED) is 0.760. The van der Waals surface area contributed by atoms with Crippen LogP contribution in [0.5, 0.6) is 0 Å². The summed E-state index contributed by atoms with van der Waals surface area (Å²) in [4.78, 5) is 27.6. The topological polar surface area (TPSA) is 62.6 Å². The van der Waals surface area contributed by atoms with Crippen molar-refractivity contribution in [2.45, 2.75) is 18.9 Å². The Hall–Kier alpha value is -3.34. The first-order valence-corrected chi connectivity index (χ1v) is 9.00. The molecule has 0 saturated carbocycles. The molecule has 0 bridgehead atoms. The molecule has 3 aromatic rings. The number of hydrogen-bond acceptors (Lipinski definition) is 3. The van der Waals surface area contributed by atoms with E-state index in [0.29, 0.717) is 13.0 Å². The van der Waals surface area contributed by atoms with Gasteiger partial charge in [0, 0.05) is 18.7 Å². The Kier molecular flexibility index (Phi) is 4.75. The molecule has 27 heavy (non-hydrogen) atoms. The van der Waals surface area contributed by atoms with Crippen LogP contribution in [-0.4, -0.2) is 24.4 Å². The van der Waals surface area contributed by atoms with E-state index in [1.165, 1.54) is 6.26 Å². The third kappa shape index (κ3) is 3.62. The Morgan fingerprint density at radius 2 is 1.78 bits per heavy atom. The fraction of sp³-hybridized carbons (Fsp3) is 0.182. The molecule has 1 aliphatic heterocycles. The first-order valence-electron chi connectivity index (χ1n) is 9.00. The number of carbonyl (C=O) groups excluding carboxylic acids is 2. The van der Waals surface area contributed by atoms with Gasteiger partial charge in [0.25, 0.3) is 5.91 Å². The summed E-state index contributed by atoms with van der Waals surface area (Å²) in [5, 5.41) is 2.85. The zero-order valence-electron chi connectivity index (χ0n) is 14.8. The summed E-state index contributed by atoms with van der Waals surface area (Å²) in [5.41, 5.74) is 3.07. The normalized spacial score (nSPS) is 13.9. The fourth-order valence-electron chi connectivity index (χ4n) is 3.44. The maximum atomic E-state index is 13.3. The molecule has 136 valence electrons. The Morgan fingerprint density at radius 1 is 1.00 bits per heavy atom. The molecule has 4 rings (SSSR count). The van der Waals surface area contributed by atoms with E-state index in [1.54, 1.807) is 17.0 Å². The zero-order valence-corrected chi connectivity index (χ0v) is 14.8. The van der Waals surface area contributed by atoms with Crippen LogP contribution in [0.2, 0.25) is 0 Å². The van der Waals surface area contributed by atoms with Gasteiger partial charge in [-0.25, -0.2) is 0 Å².